The lowest BCUT2D eigenvalue weighted by atomic mass is 10.1. The lowest BCUT2D eigenvalue weighted by molar-refractivity contribution is 0.0983. The predicted molar refractivity (Wildman–Crippen MR) is 116 cm³/mol. The van der Waals surface area contributed by atoms with Crippen LogP contribution in [0.2, 0.25) is 0 Å². The molecule has 0 radical (unpaired) electrons. The minimum atomic E-state index is -0.103. The zero-order valence-corrected chi connectivity index (χ0v) is 17.5. The van der Waals surface area contributed by atoms with E-state index in [1.807, 2.05) is 69.3 Å². The number of nitrogens with zero attached hydrogens (tertiary/aromatic N) is 2. The molecule has 2 aromatic carbocycles. The van der Waals surface area contributed by atoms with Gasteiger partial charge in [0.1, 0.15) is 11.5 Å². The maximum absolute atomic E-state index is 13.4. The highest BCUT2D eigenvalue weighted by Crippen LogP contribution is 2.33. The van der Waals surface area contributed by atoms with Gasteiger partial charge >= 0.3 is 0 Å². The largest absolute Gasteiger partial charge is 0.494 e. The SMILES string of the molecule is CCOc1ccc2nc(N(Cc3ccco3)C(=O)c3ccc(C)c(C)c3)sc2c1. The number of carbonyl (C=O) groups excluding carboxylic acids is 1. The molecule has 0 unspecified atom stereocenters. The molecule has 2 heterocycles. The van der Waals surface area contributed by atoms with E-state index < -0.39 is 0 Å². The molecule has 6 heteroatoms. The van der Waals surface area contributed by atoms with Crippen LogP contribution in [0.5, 0.6) is 5.75 Å². The molecule has 5 nitrogen and oxygen atoms in total. The summed E-state index contributed by atoms with van der Waals surface area (Å²) in [6, 6.07) is 15.2. The Kier molecular flexibility index (Phi) is 5.36. The second-order valence-electron chi connectivity index (χ2n) is 6.83. The Labute approximate surface area is 173 Å². The van der Waals surface area contributed by atoms with E-state index in [-0.39, 0.29) is 5.91 Å². The molecule has 0 saturated carbocycles. The number of aromatic nitrogens is 1. The van der Waals surface area contributed by atoms with E-state index >= 15 is 0 Å². The summed E-state index contributed by atoms with van der Waals surface area (Å²) in [4.78, 5) is 19.8. The number of carbonyl (C=O) groups is 1. The van der Waals surface area contributed by atoms with Gasteiger partial charge < -0.3 is 9.15 Å². The van der Waals surface area contributed by atoms with Gasteiger partial charge in [-0.1, -0.05) is 17.4 Å². The zero-order valence-electron chi connectivity index (χ0n) is 16.6. The quantitative estimate of drug-likeness (QED) is 0.409. The third kappa shape index (κ3) is 4.03. The van der Waals surface area contributed by atoms with E-state index in [9.17, 15) is 4.79 Å². The number of ether oxygens (including phenoxy) is 1. The number of benzene rings is 2. The summed E-state index contributed by atoms with van der Waals surface area (Å²) in [6.45, 7) is 6.92. The lowest BCUT2D eigenvalue weighted by Crippen LogP contribution is -2.30. The molecule has 1 amide bonds. The van der Waals surface area contributed by atoms with Gasteiger partial charge in [0, 0.05) is 5.56 Å². The fourth-order valence-electron chi connectivity index (χ4n) is 3.08. The average molecular weight is 407 g/mol. The van der Waals surface area contributed by atoms with Gasteiger partial charge in [0.05, 0.1) is 29.6 Å². The number of rotatable bonds is 6. The first-order valence-corrected chi connectivity index (χ1v) is 10.3. The summed E-state index contributed by atoms with van der Waals surface area (Å²) >= 11 is 1.47. The van der Waals surface area contributed by atoms with E-state index in [2.05, 4.69) is 0 Å². The Morgan fingerprint density at radius 1 is 1.14 bits per heavy atom. The molecule has 29 heavy (non-hydrogen) atoms. The van der Waals surface area contributed by atoms with Crippen molar-refractivity contribution in [1.82, 2.24) is 4.98 Å². The summed E-state index contributed by atoms with van der Waals surface area (Å²) in [5, 5.41) is 0.633. The van der Waals surface area contributed by atoms with Crippen LogP contribution in [0.4, 0.5) is 5.13 Å². The lowest BCUT2D eigenvalue weighted by Gasteiger charge is -2.19. The molecule has 148 valence electrons. The van der Waals surface area contributed by atoms with Crippen LogP contribution in [0.1, 0.15) is 34.2 Å². The number of fused-ring (bicyclic) bond motifs is 1. The molecule has 0 aliphatic rings. The average Bonchev–Trinajstić information content (AvgIpc) is 3.37. The smallest absolute Gasteiger partial charge is 0.260 e. The van der Waals surface area contributed by atoms with Gasteiger partial charge in [0.2, 0.25) is 0 Å². The van der Waals surface area contributed by atoms with E-state index in [0.29, 0.717) is 29.6 Å². The Balaban J connectivity index is 1.74. The monoisotopic (exact) mass is 406 g/mol. The minimum absolute atomic E-state index is 0.103. The van der Waals surface area contributed by atoms with Gasteiger partial charge in [-0.3, -0.25) is 9.69 Å². The summed E-state index contributed by atoms with van der Waals surface area (Å²) in [5.74, 6) is 1.40. The molecule has 0 spiro atoms. The fraction of sp³-hybridized carbons (Fsp3) is 0.217. The van der Waals surface area contributed by atoms with Crippen LogP contribution >= 0.6 is 11.3 Å². The zero-order chi connectivity index (χ0) is 20.4. The molecule has 0 fully saturated rings. The van der Waals surface area contributed by atoms with Crippen molar-refractivity contribution in [2.75, 3.05) is 11.5 Å². The number of hydrogen-bond donors (Lipinski definition) is 0. The molecule has 2 aromatic heterocycles. The Morgan fingerprint density at radius 2 is 2.00 bits per heavy atom. The van der Waals surface area contributed by atoms with Crippen molar-refractivity contribution < 1.29 is 13.9 Å². The topological polar surface area (TPSA) is 55.6 Å². The minimum Gasteiger partial charge on any atom is -0.494 e. The van der Waals surface area contributed by atoms with Crippen LogP contribution in [0.15, 0.2) is 59.2 Å². The first-order chi connectivity index (χ1) is 14.0. The number of aryl methyl sites for hydroxylation is 2. The second-order valence-corrected chi connectivity index (χ2v) is 7.84. The maximum Gasteiger partial charge on any atom is 0.260 e. The normalized spacial score (nSPS) is 11.0. The van der Waals surface area contributed by atoms with Crippen LogP contribution < -0.4 is 9.64 Å². The number of thiazole rings is 1. The van der Waals surface area contributed by atoms with Crippen LogP contribution in [0, 0.1) is 13.8 Å². The van der Waals surface area contributed by atoms with Crippen molar-refractivity contribution in [2.45, 2.75) is 27.3 Å². The molecule has 0 aliphatic carbocycles. The first kappa shape index (κ1) is 19.2. The van der Waals surface area contributed by atoms with Gasteiger partial charge in [-0.15, -0.1) is 0 Å². The summed E-state index contributed by atoms with van der Waals surface area (Å²) in [5.41, 5.74) is 3.71. The number of hydrogen-bond acceptors (Lipinski definition) is 5. The van der Waals surface area contributed by atoms with Crippen molar-refractivity contribution in [2.24, 2.45) is 0 Å². The van der Waals surface area contributed by atoms with Crippen molar-refractivity contribution >= 4 is 32.6 Å². The molecular formula is C23H22N2O3S. The van der Waals surface area contributed by atoms with E-state index in [0.717, 1.165) is 27.1 Å². The van der Waals surface area contributed by atoms with Crippen LogP contribution in [0.25, 0.3) is 10.2 Å². The standard InChI is InChI=1S/C23H22N2O3S/c1-4-27-18-9-10-20-21(13-18)29-23(24-20)25(14-19-6-5-11-28-19)22(26)17-8-7-15(2)16(3)12-17/h5-13H,4,14H2,1-3H3. The first-order valence-electron chi connectivity index (χ1n) is 9.50. The van der Waals surface area contributed by atoms with E-state index in [1.165, 1.54) is 11.3 Å². The van der Waals surface area contributed by atoms with Gasteiger partial charge in [0.15, 0.2) is 5.13 Å². The molecule has 0 atom stereocenters. The van der Waals surface area contributed by atoms with Crippen molar-refractivity contribution in [3.05, 3.63) is 77.2 Å². The number of furan rings is 1. The number of anilines is 1. The van der Waals surface area contributed by atoms with Crippen LogP contribution in [-0.2, 0) is 6.54 Å². The molecule has 0 N–H and O–H groups in total. The van der Waals surface area contributed by atoms with Crippen molar-refractivity contribution in [1.29, 1.82) is 0 Å². The van der Waals surface area contributed by atoms with Gasteiger partial charge in [-0.25, -0.2) is 4.98 Å². The second kappa shape index (κ2) is 8.09. The van der Waals surface area contributed by atoms with Gasteiger partial charge in [-0.2, -0.15) is 0 Å². The third-order valence-electron chi connectivity index (χ3n) is 4.78. The summed E-state index contributed by atoms with van der Waals surface area (Å²) < 4.78 is 12.1. The highest BCUT2D eigenvalue weighted by atomic mass is 32.1. The molecule has 0 aliphatic heterocycles. The molecule has 0 saturated heterocycles. The van der Waals surface area contributed by atoms with Gasteiger partial charge in [-0.05, 0) is 74.4 Å². The number of amides is 1. The summed E-state index contributed by atoms with van der Waals surface area (Å²) in [7, 11) is 0. The maximum atomic E-state index is 13.4. The highest BCUT2D eigenvalue weighted by Gasteiger charge is 2.23. The van der Waals surface area contributed by atoms with Gasteiger partial charge in [0.25, 0.3) is 5.91 Å². The van der Waals surface area contributed by atoms with Crippen LogP contribution in [-0.4, -0.2) is 17.5 Å². The van der Waals surface area contributed by atoms with Crippen LogP contribution in [0.3, 0.4) is 0 Å². The van der Waals surface area contributed by atoms with Crippen molar-refractivity contribution in [3.63, 3.8) is 0 Å². The molecule has 4 aromatic rings. The Hall–Kier alpha value is -3.12. The Bertz CT molecular complexity index is 1150. The third-order valence-corrected chi connectivity index (χ3v) is 5.82. The highest BCUT2D eigenvalue weighted by molar-refractivity contribution is 7.22. The summed E-state index contributed by atoms with van der Waals surface area (Å²) in [6.07, 6.45) is 1.61. The Morgan fingerprint density at radius 3 is 2.72 bits per heavy atom. The predicted octanol–water partition coefficient (Wildman–Crippen LogP) is 5.75. The molecular weight excluding hydrogens is 384 g/mol. The van der Waals surface area contributed by atoms with Crippen molar-refractivity contribution in [3.8, 4) is 5.75 Å². The molecule has 4 rings (SSSR count). The fourth-order valence-corrected chi connectivity index (χ4v) is 4.07. The van der Waals surface area contributed by atoms with E-state index in [4.69, 9.17) is 14.1 Å². The van der Waals surface area contributed by atoms with E-state index in [1.54, 1.807) is 11.2 Å². The molecule has 0 bridgehead atoms.